The lowest BCUT2D eigenvalue weighted by molar-refractivity contribution is -0.279. The molecule has 124 valence electrons. The largest absolute Gasteiger partial charge is 0.394 e. The molecule has 22 heavy (non-hydrogen) atoms. The molecule has 8 nitrogen and oxygen atoms in total. The van der Waals surface area contributed by atoms with Crippen LogP contribution in [0.4, 0.5) is 0 Å². The highest BCUT2D eigenvalue weighted by molar-refractivity contribution is 7.86. The van der Waals surface area contributed by atoms with Crippen molar-refractivity contribution in [1.29, 1.82) is 0 Å². The summed E-state index contributed by atoms with van der Waals surface area (Å²) in [5.41, 5.74) is 0.848. The van der Waals surface area contributed by atoms with Gasteiger partial charge in [0, 0.05) is 0 Å². The van der Waals surface area contributed by atoms with Gasteiger partial charge < -0.3 is 25.2 Å². The van der Waals surface area contributed by atoms with E-state index >= 15 is 0 Å². The molecule has 0 aliphatic carbocycles. The van der Waals surface area contributed by atoms with Crippen LogP contribution in [0.1, 0.15) is 5.56 Å². The molecule has 0 radical (unpaired) electrons. The summed E-state index contributed by atoms with van der Waals surface area (Å²) in [6, 6.07) is 5.77. The van der Waals surface area contributed by atoms with Crippen LogP contribution < -0.4 is 0 Å². The second kappa shape index (κ2) is 6.59. The van der Waals surface area contributed by atoms with Crippen LogP contribution in [0.2, 0.25) is 0 Å². The maximum absolute atomic E-state index is 12.1. The van der Waals surface area contributed by atoms with E-state index in [0.29, 0.717) is 0 Å². The Labute approximate surface area is 127 Å². The quantitative estimate of drug-likeness (QED) is 0.489. The molecular formula is C13H18O8S. The molecule has 1 aliphatic heterocycles. The van der Waals surface area contributed by atoms with Crippen LogP contribution >= 0.6 is 0 Å². The van der Waals surface area contributed by atoms with E-state index in [4.69, 9.17) is 14.0 Å². The minimum Gasteiger partial charge on any atom is -0.394 e. The third kappa shape index (κ3) is 3.46. The molecule has 0 spiro atoms. The highest BCUT2D eigenvalue weighted by Crippen LogP contribution is 2.25. The number of hydrogen-bond donors (Lipinski definition) is 4. The highest BCUT2D eigenvalue weighted by Gasteiger charge is 2.46. The molecule has 0 bridgehead atoms. The fourth-order valence-electron chi connectivity index (χ4n) is 2.08. The van der Waals surface area contributed by atoms with Crippen molar-refractivity contribution in [2.75, 3.05) is 6.61 Å². The third-order valence-corrected chi connectivity index (χ3v) is 4.72. The molecule has 1 fully saturated rings. The summed E-state index contributed by atoms with van der Waals surface area (Å²) >= 11 is 0. The van der Waals surface area contributed by atoms with Crippen molar-refractivity contribution in [1.82, 2.24) is 0 Å². The van der Waals surface area contributed by atoms with Gasteiger partial charge in [-0.3, -0.25) is 4.18 Å². The normalized spacial score (nSPS) is 32.9. The average Bonchev–Trinajstić information content (AvgIpc) is 2.48. The first-order chi connectivity index (χ1) is 10.3. The summed E-state index contributed by atoms with van der Waals surface area (Å²) in [6.45, 7) is 1.14. The van der Waals surface area contributed by atoms with Crippen molar-refractivity contribution in [3.63, 3.8) is 0 Å². The van der Waals surface area contributed by atoms with Crippen molar-refractivity contribution in [3.05, 3.63) is 29.8 Å². The molecule has 2 rings (SSSR count). The van der Waals surface area contributed by atoms with E-state index < -0.39 is 47.4 Å². The third-order valence-electron chi connectivity index (χ3n) is 3.39. The van der Waals surface area contributed by atoms with Crippen LogP contribution in [0.3, 0.4) is 0 Å². The molecule has 1 aromatic carbocycles. The van der Waals surface area contributed by atoms with Crippen molar-refractivity contribution < 1.29 is 37.8 Å². The molecule has 5 atom stereocenters. The number of rotatable bonds is 4. The Hall–Kier alpha value is -1.07. The van der Waals surface area contributed by atoms with Crippen molar-refractivity contribution in [2.24, 2.45) is 0 Å². The lowest BCUT2D eigenvalue weighted by Crippen LogP contribution is -2.59. The standard InChI is InChI=1S/C13H18O8S/c1-7-2-4-8(5-3-7)22(18,19)21-12-11(16)10(15)9(6-14)20-13(12)17/h2-5,9-17H,6H2,1H3/t9-,10+,11-,12+,13-/m0/s1. The Morgan fingerprint density at radius 3 is 2.27 bits per heavy atom. The lowest BCUT2D eigenvalue weighted by atomic mass is 9.99. The first-order valence-electron chi connectivity index (χ1n) is 6.57. The molecule has 0 unspecified atom stereocenters. The van der Waals surface area contributed by atoms with Gasteiger partial charge in [0.25, 0.3) is 10.1 Å². The topological polar surface area (TPSA) is 134 Å². The second-order valence-corrected chi connectivity index (χ2v) is 6.63. The molecule has 0 saturated carbocycles. The van der Waals surface area contributed by atoms with E-state index in [-0.39, 0.29) is 4.90 Å². The minimum absolute atomic E-state index is 0.156. The smallest absolute Gasteiger partial charge is 0.297 e. The summed E-state index contributed by atoms with van der Waals surface area (Å²) in [5, 5.41) is 38.3. The van der Waals surface area contributed by atoms with E-state index in [2.05, 4.69) is 0 Å². The van der Waals surface area contributed by atoms with Gasteiger partial charge in [-0.1, -0.05) is 17.7 Å². The van der Waals surface area contributed by atoms with Gasteiger partial charge in [0.15, 0.2) is 12.4 Å². The van der Waals surface area contributed by atoms with E-state index in [1.165, 1.54) is 12.1 Å². The molecule has 4 N–H and O–H groups in total. The Morgan fingerprint density at radius 1 is 1.14 bits per heavy atom. The maximum Gasteiger partial charge on any atom is 0.297 e. The Morgan fingerprint density at radius 2 is 1.73 bits per heavy atom. The van der Waals surface area contributed by atoms with Crippen molar-refractivity contribution in [2.45, 2.75) is 42.5 Å². The molecule has 1 saturated heterocycles. The zero-order valence-electron chi connectivity index (χ0n) is 11.7. The average molecular weight is 334 g/mol. The first-order valence-corrected chi connectivity index (χ1v) is 7.97. The van der Waals surface area contributed by atoms with Gasteiger partial charge in [0.2, 0.25) is 0 Å². The number of benzene rings is 1. The predicted octanol–water partition coefficient (Wildman–Crippen LogP) is -1.50. The predicted molar refractivity (Wildman–Crippen MR) is 73.2 cm³/mol. The number of hydrogen-bond acceptors (Lipinski definition) is 8. The molecule has 0 amide bonds. The van der Waals surface area contributed by atoms with Gasteiger partial charge in [-0.05, 0) is 19.1 Å². The first kappa shape index (κ1) is 17.3. The van der Waals surface area contributed by atoms with E-state index in [9.17, 15) is 23.7 Å². The van der Waals surface area contributed by atoms with Crippen LogP contribution in [-0.2, 0) is 19.0 Å². The zero-order valence-corrected chi connectivity index (χ0v) is 12.5. The van der Waals surface area contributed by atoms with Gasteiger partial charge in [-0.15, -0.1) is 0 Å². The SMILES string of the molecule is Cc1ccc(S(=O)(=O)O[C@@H]2[C@@H](O)[C@H](O)[C@H](CO)O[C@@H]2O)cc1. The molecule has 0 aromatic heterocycles. The van der Waals surface area contributed by atoms with Crippen LogP contribution in [0, 0.1) is 6.92 Å². The molecular weight excluding hydrogens is 316 g/mol. The summed E-state index contributed by atoms with van der Waals surface area (Å²) in [6.07, 6.45) is -8.07. The van der Waals surface area contributed by atoms with Gasteiger partial charge in [-0.2, -0.15) is 8.42 Å². The summed E-state index contributed by atoms with van der Waals surface area (Å²) in [5.74, 6) is 0. The highest BCUT2D eigenvalue weighted by atomic mass is 32.2. The van der Waals surface area contributed by atoms with Gasteiger partial charge in [0.05, 0.1) is 11.5 Å². The summed E-state index contributed by atoms with van der Waals surface area (Å²) < 4.78 is 33.9. The Balaban J connectivity index is 2.20. The van der Waals surface area contributed by atoms with Crippen molar-refractivity contribution >= 4 is 10.1 Å². The van der Waals surface area contributed by atoms with Crippen LogP contribution in [-0.4, -0.2) is 66.2 Å². The van der Waals surface area contributed by atoms with E-state index in [0.717, 1.165) is 5.56 Å². The monoisotopic (exact) mass is 334 g/mol. The lowest BCUT2D eigenvalue weighted by Gasteiger charge is -2.39. The van der Waals surface area contributed by atoms with Crippen LogP contribution in [0.5, 0.6) is 0 Å². The Kier molecular flexibility index (Phi) is 5.17. The van der Waals surface area contributed by atoms with Crippen LogP contribution in [0.25, 0.3) is 0 Å². The summed E-state index contributed by atoms with van der Waals surface area (Å²) in [4.78, 5) is -0.156. The molecule has 1 aromatic rings. The van der Waals surface area contributed by atoms with E-state index in [1.807, 2.05) is 0 Å². The summed E-state index contributed by atoms with van der Waals surface area (Å²) in [7, 11) is -4.26. The van der Waals surface area contributed by atoms with Crippen LogP contribution in [0.15, 0.2) is 29.2 Å². The Bertz CT molecular complexity index is 599. The molecule has 1 heterocycles. The number of aryl methyl sites for hydroxylation is 1. The molecule has 9 heteroatoms. The second-order valence-electron chi connectivity index (χ2n) is 5.06. The maximum atomic E-state index is 12.1. The number of aliphatic hydroxyl groups excluding tert-OH is 4. The van der Waals surface area contributed by atoms with Crippen molar-refractivity contribution in [3.8, 4) is 0 Å². The van der Waals surface area contributed by atoms with Gasteiger partial charge in [-0.25, -0.2) is 0 Å². The van der Waals surface area contributed by atoms with Gasteiger partial charge >= 0.3 is 0 Å². The number of aliphatic hydroxyl groups is 4. The number of ether oxygens (including phenoxy) is 1. The zero-order chi connectivity index (χ0) is 16.5. The molecule has 1 aliphatic rings. The fourth-order valence-corrected chi connectivity index (χ4v) is 3.16. The van der Waals surface area contributed by atoms with Gasteiger partial charge in [0.1, 0.15) is 18.3 Å². The fraction of sp³-hybridized carbons (Fsp3) is 0.538. The van der Waals surface area contributed by atoms with E-state index in [1.54, 1.807) is 19.1 Å². The minimum atomic E-state index is -4.26.